The van der Waals surface area contributed by atoms with Crippen LogP contribution in [0.2, 0.25) is 0 Å². The number of hydrogen-bond acceptors (Lipinski definition) is 3. The minimum Gasteiger partial charge on any atom is -0.481 e. The second-order valence-electron chi connectivity index (χ2n) is 16.2. The molecule has 0 spiro atoms. The van der Waals surface area contributed by atoms with Gasteiger partial charge in [-0.05, 0) is 109 Å². The lowest BCUT2D eigenvalue weighted by Gasteiger charge is -2.70. The monoisotopic (exact) mass is 533 g/mol. The number of aromatic amines is 1. The Morgan fingerprint density at radius 3 is 2.44 bits per heavy atom. The number of anilines is 1. The fraction of sp³-hybridized carbons (Fsp3) is 0.765. The molecule has 6 rings (SSSR count). The van der Waals surface area contributed by atoms with Gasteiger partial charge in [0.15, 0.2) is 0 Å². The van der Waals surface area contributed by atoms with E-state index in [4.69, 9.17) is 5.73 Å². The highest BCUT2D eigenvalue weighted by molar-refractivity contribution is 5.71. The summed E-state index contributed by atoms with van der Waals surface area (Å²) >= 11 is 0. The van der Waals surface area contributed by atoms with Crippen molar-refractivity contribution in [2.75, 3.05) is 5.73 Å². The molecule has 1 aromatic heterocycles. The lowest BCUT2D eigenvalue weighted by molar-refractivity contribution is -0.163. The highest BCUT2D eigenvalue weighted by atomic mass is 16.4. The Hall–Kier alpha value is -2.04. The number of aliphatic carboxylic acids is 1. The minimum absolute atomic E-state index is 0.000296. The molecular formula is C34H51N3O2. The average molecular weight is 534 g/mol. The van der Waals surface area contributed by atoms with Gasteiger partial charge in [0.05, 0.1) is 5.92 Å². The molecule has 8 atom stereocenters. The molecule has 1 heterocycles. The van der Waals surface area contributed by atoms with E-state index in [2.05, 4.69) is 77.7 Å². The number of rotatable bonds is 2. The van der Waals surface area contributed by atoms with E-state index in [0.29, 0.717) is 23.6 Å². The summed E-state index contributed by atoms with van der Waals surface area (Å²) in [5, 5.41) is 18.2. The zero-order valence-electron chi connectivity index (χ0n) is 25.6. The second kappa shape index (κ2) is 8.26. The van der Waals surface area contributed by atoms with Crippen LogP contribution in [0.5, 0.6) is 0 Å². The molecule has 214 valence electrons. The number of carbonyl (C=O) groups is 1. The SMILES string of the molecule is C/C=C/C1=C2[C@H]3CC(C)(C)C[C@@H](C(=O)O)[C@H]3CC[C@@]2(C)[C@]2(C)CC[C@H]3C(C)(C)c4[nH]nc(N)c4C[C@]3(C)C2C1. The van der Waals surface area contributed by atoms with Crippen LogP contribution < -0.4 is 5.73 Å². The average Bonchev–Trinajstić information content (AvgIpc) is 3.19. The Bertz CT molecular complexity index is 1270. The number of hydrogen-bond donors (Lipinski definition) is 3. The fourth-order valence-corrected chi connectivity index (χ4v) is 11.8. The van der Waals surface area contributed by atoms with Gasteiger partial charge in [0.2, 0.25) is 0 Å². The predicted octanol–water partition coefficient (Wildman–Crippen LogP) is 7.69. The summed E-state index contributed by atoms with van der Waals surface area (Å²) in [7, 11) is 0. The van der Waals surface area contributed by atoms with Crippen molar-refractivity contribution >= 4 is 11.8 Å². The number of carboxylic acid groups (broad SMARTS) is 1. The van der Waals surface area contributed by atoms with Crippen molar-refractivity contribution in [2.45, 2.75) is 112 Å². The molecule has 5 nitrogen and oxygen atoms in total. The van der Waals surface area contributed by atoms with E-state index >= 15 is 0 Å². The van der Waals surface area contributed by atoms with Gasteiger partial charge in [0, 0.05) is 16.7 Å². The Labute approximate surface area is 235 Å². The normalized spacial score (nSPS) is 44.2. The summed E-state index contributed by atoms with van der Waals surface area (Å²) in [6.07, 6.45) is 13.2. The molecule has 0 aromatic carbocycles. The highest BCUT2D eigenvalue weighted by Gasteiger charge is 2.68. The molecule has 3 saturated carbocycles. The molecule has 0 aliphatic heterocycles. The second-order valence-corrected chi connectivity index (χ2v) is 16.2. The topological polar surface area (TPSA) is 92.0 Å². The quantitative estimate of drug-likeness (QED) is 0.363. The molecule has 0 bridgehead atoms. The Morgan fingerprint density at radius 1 is 1.05 bits per heavy atom. The van der Waals surface area contributed by atoms with Crippen molar-refractivity contribution in [3.8, 4) is 0 Å². The van der Waals surface area contributed by atoms with E-state index < -0.39 is 5.97 Å². The van der Waals surface area contributed by atoms with E-state index in [1.807, 2.05) is 0 Å². The van der Waals surface area contributed by atoms with Crippen molar-refractivity contribution in [1.29, 1.82) is 0 Å². The molecule has 5 heteroatoms. The van der Waals surface area contributed by atoms with E-state index in [0.717, 1.165) is 38.5 Å². The van der Waals surface area contributed by atoms with Crippen molar-refractivity contribution < 1.29 is 9.90 Å². The van der Waals surface area contributed by atoms with Gasteiger partial charge >= 0.3 is 5.97 Å². The highest BCUT2D eigenvalue weighted by Crippen LogP contribution is 2.75. The number of nitrogens with zero attached hydrogens (tertiary/aromatic N) is 1. The smallest absolute Gasteiger partial charge is 0.306 e. The van der Waals surface area contributed by atoms with Crippen molar-refractivity contribution in [1.82, 2.24) is 10.2 Å². The summed E-state index contributed by atoms with van der Waals surface area (Å²) < 4.78 is 0. The van der Waals surface area contributed by atoms with Crippen molar-refractivity contribution in [2.24, 2.45) is 51.2 Å². The summed E-state index contributed by atoms with van der Waals surface area (Å²) in [6.45, 7) is 19.4. The van der Waals surface area contributed by atoms with Crippen LogP contribution in [-0.4, -0.2) is 21.3 Å². The zero-order valence-corrected chi connectivity index (χ0v) is 25.6. The number of allylic oxidation sites excluding steroid dienone is 4. The molecule has 5 aliphatic carbocycles. The van der Waals surface area contributed by atoms with E-state index in [9.17, 15) is 9.90 Å². The number of nitrogen functional groups attached to an aromatic ring is 1. The van der Waals surface area contributed by atoms with Gasteiger partial charge in [-0.2, -0.15) is 5.10 Å². The van der Waals surface area contributed by atoms with Crippen molar-refractivity contribution in [3.05, 3.63) is 34.6 Å². The van der Waals surface area contributed by atoms with Gasteiger partial charge in [-0.15, -0.1) is 0 Å². The molecule has 0 radical (unpaired) electrons. The number of aromatic nitrogens is 2. The predicted molar refractivity (Wildman–Crippen MR) is 157 cm³/mol. The van der Waals surface area contributed by atoms with Gasteiger partial charge < -0.3 is 10.8 Å². The number of carboxylic acids is 1. The van der Waals surface area contributed by atoms with Crippen LogP contribution >= 0.6 is 0 Å². The van der Waals surface area contributed by atoms with E-state index in [-0.39, 0.29) is 38.9 Å². The van der Waals surface area contributed by atoms with Crippen LogP contribution in [0.1, 0.15) is 112 Å². The summed E-state index contributed by atoms with van der Waals surface area (Å²) in [6, 6.07) is 0. The lowest BCUT2D eigenvalue weighted by atomic mass is 9.33. The van der Waals surface area contributed by atoms with Crippen molar-refractivity contribution in [3.63, 3.8) is 0 Å². The van der Waals surface area contributed by atoms with Crippen LogP contribution in [0.4, 0.5) is 5.82 Å². The van der Waals surface area contributed by atoms with Gasteiger partial charge in [0.1, 0.15) is 5.82 Å². The summed E-state index contributed by atoms with van der Waals surface area (Å²) in [4.78, 5) is 12.6. The van der Waals surface area contributed by atoms with E-state index in [1.165, 1.54) is 29.7 Å². The Balaban J connectivity index is 1.53. The van der Waals surface area contributed by atoms with Gasteiger partial charge in [-0.3, -0.25) is 9.89 Å². The van der Waals surface area contributed by atoms with Crippen LogP contribution in [0.15, 0.2) is 23.3 Å². The number of H-pyrrole nitrogens is 1. The van der Waals surface area contributed by atoms with Crippen LogP contribution in [0, 0.1) is 51.2 Å². The maximum atomic E-state index is 12.6. The molecule has 0 amide bonds. The Morgan fingerprint density at radius 2 is 1.77 bits per heavy atom. The van der Waals surface area contributed by atoms with Gasteiger partial charge in [0.25, 0.3) is 0 Å². The van der Waals surface area contributed by atoms with Crippen LogP contribution in [0.3, 0.4) is 0 Å². The standard InChI is InChI=1S/C34H51N3O2/c1-9-10-19-15-25-32(6)18-23-27(36-37-28(23)35)31(4,5)24(32)12-14-33(25,7)34(8)13-11-20-21(26(19)34)16-30(2,3)17-22(20)29(38)39/h9-10,20-22,24-25H,11-18H2,1-8H3,(H,38,39)(H3,35,36,37)/b10-9+/t20-,21-,22+,24-,25?,32-,33+,34+/m0/s1. The molecular weight excluding hydrogens is 482 g/mol. The lowest BCUT2D eigenvalue weighted by Crippen LogP contribution is -2.64. The third-order valence-electron chi connectivity index (χ3n) is 13.5. The Kier molecular flexibility index (Phi) is 5.75. The first-order chi connectivity index (χ1) is 18.1. The zero-order chi connectivity index (χ0) is 28.3. The molecule has 5 aliphatic rings. The molecule has 1 aromatic rings. The van der Waals surface area contributed by atoms with Crippen LogP contribution in [-0.2, 0) is 16.6 Å². The first-order valence-electron chi connectivity index (χ1n) is 15.5. The number of fused-ring (bicyclic) bond motifs is 8. The maximum Gasteiger partial charge on any atom is 0.306 e. The number of nitrogens with one attached hydrogen (secondary N) is 1. The largest absolute Gasteiger partial charge is 0.481 e. The van der Waals surface area contributed by atoms with Gasteiger partial charge in [-0.1, -0.05) is 66.2 Å². The molecule has 39 heavy (non-hydrogen) atoms. The third-order valence-corrected chi connectivity index (χ3v) is 13.5. The third kappa shape index (κ3) is 3.43. The summed E-state index contributed by atoms with van der Waals surface area (Å²) in [5.41, 5.74) is 12.5. The molecule has 4 N–H and O–H groups in total. The van der Waals surface area contributed by atoms with Crippen LogP contribution in [0.25, 0.3) is 0 Å². The first kappa shape index (κ1) is 27.1. The van der Waals surface area contributed by atoms with E-state index in [1.54, 1.807) is 5.57 Å². The first-order valence-corrected chi connectivity index (χ1v) is 15.5. The summed E-state index contributed by atoms with van der Waals surface area (Å²) in [5.74, 6) is 1.59. The van der Waals surface area contributed by atoms with Gasteiger partial charge in [-0.25, -0.2) is 0 Å². The number of nitrogens with two attached hydrogens (primary N) is 1. The minimum atomic E-state index is -0.583. The molecule has 3 fully saturated rings. The molecule has 1 unspecified atom stereocenters. The fourth-order valence-electron chi connectivity index (χ4n) is 11.8. The maximum absolute atomic E-state index is 12.6. The molecule has 0 saturated heterocycles.